The van der Waals surface area contributed by atoms with E-state index in [1.165, 1.54) is 23.1 Å². The number of hydrogen-bond acceptors (Lipinski definition) is 5. The third-order valence-electron chi connectivity index (χ3n) is 6.46. The van der Waals surface area contributed by atoms with E-state index in [1.807, 2.05) is 43.3 Å². The van der Waals surface area contributed by atoms with Crippen LogP contribution in [0.1, 0.15) is 30.9 Å². The molecular weight excluding hydrogens is 585 g/mol. The van der Waals surface area contributed by atoms with Gasteiger partial charge in [-0.05, 0) is 47.9 Å². The SMILES string of the molecule is CCCCNC(=O)[C@H](Cc1ccccc1)N(Cc1cccc(OC)c1)C(=O)CN(c1ccc(Cl)c(Cl)c1)S(C)(=O)=O. The van der Waals surface area contributed by atoms with Crippen LogP contribution >= 0.6 is 23.2 Å². The van der Waals surface area contributed by atoms with Gasteiger partial charge in [-0.2, -0.15) is 0 Å². The number of anilines is 1. The maximum absolute atomic E-state index is 14.1. The van der Waals surface area contributed by atoms with Gasteiger partial charge in [-0.15, -0.1) is 0 Å². The molecule has 0 unspecified atom stereocenters. The zero-order valence-corrected chi connectivity index (χ0v) is 25.7. The second kappa shape index (κ2) is 15.1. The van der Waals surface area contributed by atoms with Gasteiger partial charge in [0.25, 0.3) is 0 Å². The number of halogens is 2. The number of hydrogen-bond donors (Lipinski definition) is 1. The van der Waals surface area contributed by atoms with E-state index in [0.29, 0.717) is 12.3 Å². The minimum atomic E-state index is -3.92. The van der Waals surface area contributed by atoms with Gasteiger partial charge in [0.1, 0.15) is 18.3 Å². The van der Waals surface area contributed by atoms with Crippen molar-refractivity contribution in [3.05, 3.63) is 94.0 Å². The lowest BCUT2D eigenvalue weighted by Crippen LogP contribution is -2.53. The summed E-state index contributed by atoms with van der Waals surface area (Å²) in [5.41, 5.74) is 1.76. The highest BCUT2D eigenvalue weighted by atomic mass is 35.5. The Kier molecular flexibility index (Phi) is 11.9. The summed E-state index contributed by atoms with van der Waals surface area (Å²) in [6.45, 7) is 1.98. The second-order valence-corrected chi connectivity index (χ2v) is 12.3. The first-order valence-electron chi connectivity index (χ1n) is 13.2. The van der Waals surface area contributed by atoms with Gasteiger partial charge < -0.3 is 15.0 Å². The van der Waals surface area contributed by atoms with Gasteiger partial charge in [0, 0.05) is 19.5 Å². The number of unbranched alkanes of at least 4 members (excludes halogenated alkanes) is 1. The number of amides is 2. The Morgan fingerprint density at radius 2 is 1.66 bits per heavy atom. The fourth-order valence-corrected chi connectivity index (χ4v) is 5.42. The summed E-state index contributed by atoms with van der Waals surface area (Å²) in [7, 11) is -2.37. The van der Waals surface area contributed by atoms with Gasteiger partial charge in [-0.3, -0.25) is 13.9 Å². The molecule has 1 atom stereocenters. The van der Waals surface area contributed by atoms with E-state index >= 15 is 0 Å². The number of ether oxygens (including phenoxy) is 1. The number of nitrogens with zero attached hydrogens (tertiary/aromatic N) is 2. The van der Waals surface area contributed by atoms with Crippen molar-refractivity contribution >= 4 is 50.7 Å². The normalized spacial score (nSPS) is 11.9. The lowest BCUT2D eigenvalue weighted by molar-refractivity contribution is -0.140. The lowest BCUT2D eigenvalue weighted by Gasteiger charge is -2.33. The lowest BCUT2D eigenvalue weighted by atomic mass is 10.0. The van der Waals surface area contributed by atoms with Crippen LogP contribution < -0.4 is 14.4 Å². The molecule has 0 heterocycles. The van der Waals surface area contributed by atoms with Crippen molar-refractivity contribution in [3.63, 3.8) is 0 Å². The number of nitrogens with one attached hydrogen (secondary N) is 1. The highest BCUT2D eigenvalue weighted by Crippen LogP contribution is 2.29. The van der Waals surface area contributed by atoms with Crippen LogP contribution in [0.5, 0.6) is 5.75 Å². The van der Waals surface area contributed by atoms with Crippen molar-refractivity contribution in [2.45, 2.75) is 38.8 Å². The van der Waals surface area contributed by atoms with Crippen LogP contribution in [0, 0.1) is 0 Å². The van der Waals surface area contributed by atoms with Gasteiger partial charge in [-0.25, -0.2) is 8.42 Å². The molecule has 0 saturated heterocycles. The minimum Gasteiger partial charge on any atom is -0.497 e. The van der Waals surface area contributed by atoms with Crippen molar-refractivity contribution in [2.75, 3.05) is 30.8 Å². The molecule has 0 aliphatic rings. The molecule has 3 aromatic rings. The molecule has 0 radical (unpaired) electrons. The van der Waals surface area contributed by atoms with Crippen molar-refractivity contribution in [2.24, 2.45) is 0 Å². The highest BCUT2D eigenvalue weighted by Gasteiger charge is 2.33. The highest BCUT2D eigenvalue weighted by molar-refractivity contribution is 7.92. The summed E-state index contributed by atoms with van der Waals surface area (Å²) in [4.78, 5) is 29.2. The summed E-state index contributed by atoms with van der Waals surface area (Å²) >= 11 is 12.2. The van der Waals surface area contributed by atoms with Gasteiger partial charge in [-0.1, -0.05) is 79.0 Å². The molecule has 0 aliphatic carbocycles. The molecule has 0 bridgehead atoms. The van der Waals surface area contributed by atoms with Crippen molar-refractivity contribution in [1.29, 1.82) is 0 Å². The maximum atomic E-state index is 14.1. The molecule has 1 N–H and O–H groups in total. The Labute approximate surface area is 252 Å². The van der Waals surface area contributed by atoms with Gasteiger partial charge in [0.05, 0.1) is 29.1 Å². The van der Waals surface area contributed by atoms with Crippen LogP contribution in [0.2, 0.25) is 10.0 Å². The zero-order chi connectivity index (χ0) is 30.0. The monoisotopic (exact) mass is 619 g/mol. The molecule has 0 aromatic heterocycles. The standard InChI is InChI=1S/C30H35Cl2N3O5S/c1-4-5-16-33-30(37)28(18-22-10-7-6-8-11-22)34(20-23-12-9-13-25(17-23)40-2)29(36)21-35(41(3,38)39)24-14-15-26(31)27(32)19-24/h6-15,17,19,28H,4-5,16,18,20-21H2,1-3H3,(H,33,37)/t28-/m0/s1. The predicted molar refractivity (Wildman–Crippen MR) is 164 cm³/mol. The molecule has 11 heteroatoms. The molecule has 0 fully saturated rings. The average molecular weight is 621 g/mol. The molecule has 0 saturated carbocycles. The van der Waals surface area contributed by atoms with Crippen LogP contribution in [-0.4, -0.2) is 57.6 Å². The second-order valence-electron chi connectivity index (χ2n) is 9.59. The summed E-state index contributed by atoms with van der Waals surface area (Å²) in [5.74, 6) is -0.287. The van der Waals surface area contributed by atoms with E-state index in [0.717, 1.165) is 34.5 Å². The number of sulfonamides is 1. The molecule has 0 spiro atoms. The number of rotatable bonds is 14. The Hall–Kier alpha value is -3.27. The molecular formula is C30H35Cl2N3O5S. The minimum absolute atomic E-state index is 0.0493. The largest absolute Gasteiger partial charge is 0.497 e. The van der Waals surface area contributed by atoms with Crippen LogP contribution in [-0.2, 0) is 32.6 Å². The van der Waals surface area contributed by atoms with E-state index in [1.54, 1.807) is 25.3 Å². The fraction of sp³-hybridized carbons (Fsp3) is 0.333. The third kappa shape index (κ3) is 9.38. The number of methoxy groups -OCH3 is 1. The molecule has 41 heavy (non-hydrogen) atoms. The summed E-state index contributed by atoms with van der Waals surface area (Å²) < 4.78 is 32.1. The molecule has 3 aromatic carbocycles. The topological polar surface area (TPSA) is 96.0 Å². The molecule has 220 valence electrons. The van der Waals surface area contributed by atoms with Crippen LogP contribution in [0.3, 0.4) is 0 Å². The van der Waals surface area contributed by atoms with Gasteiger partial charge >= 0.3 is 0 Å². The quantitative estimate of drug-likeness (QED) is 0.246. The van der Waals surface area contributed by atoms with Crippen molar-refractivity contribution < 1.29 is 22.7 Å². The molecule has 8 nitrogen and oxygen atoms in total. The van der Waals surface area contributed by atoms with E-state index in [4.69, 9.17) is 27.9 Å². The fourth-order valence-electron chi connectivity index (χ4n) is 4.28. The zero-order valence-electron chi connectivity index (χ0n) is 23.3. The Morgan fingerprint density at radius 1 is 0.951 bits per heavy atom. The Morgan fingerprint density at radius 3 is 2.29 bits per heavy atom. The molecule has 3 rings (SSSR count). The van der Waals surface area contributed by atoms with Crippen LogP contribution in [0.25, 0.3) is 0 Å². The first-order chi connectivity index (χ1) is 19.5. The number of benzene rings is 3. The first kappa shape index (κ1) is 32.2. The summed E-state index contributed by atoms with van der Waals surface area (Å²) in [6.07, 6.45) is 2.92. The maximum Gasteiger partial charge on any atom is 0.244 e. The average Bonchev–Trinajstić information content (AvgIpc) is 2.95. The Bertz CT molecular complexity index is 1440. The Balaban J connectivity index is 2.06. The van der Waals surface area contributed by atoms with Crippen molar-refractivity contribution in [3.8, 4) is 5.75 Å². The smallest absolute Gasteiger partial charge is 0.244 e. The summed E-state index contributed by atoms with van der Waals surface area (Å²) in [5, 5.41) is 3.36. The van der Waals surface area contributed by atoms with E-state index < -0.39 is 28.5 Å². The first-order valence-corrected chi connectivity index (χ1v) is 15.8. The third-order valence-corrected chi connectivity index (χ3v) is 8.34. The molecule has 2 amide bonds. The summed E-state index contributed by atoms with van der Waals surface area (Å²) in [6, 6.07) is 20.0. The van der Waals surface area contributed by atoms with E-state index in [9.17, 15) is 18.0 Å². The van der Waals surface area contributed by atoms with E-state index in [-0.39, 0.29) is 34.6 Å². The number of carbonyl (C=O) groups excluding carboxylic acids is 2. The van der Waals surface area contributed by atoms with Crippen molar-refractivity contribution in [1.82, 2.24) is 10.2 Å². The van der Waals surface area contributed by atoms with Crippen LogP contribution in [0.15, 0.2) is 72.8 Å². The predicted octanol–water partition coefficient (Wildman–Crippen LogP) is 5.32. The number of carbonyl (C=O) groups is 2. The van der Waals surface area contributed by atoms with Gasteiger partial charge in [0.2, 0.25) is 21.8 Å². The van der Waals surface area contributed by atoms with Gasteiger partial charge in [0.15, 0.2) is 0 Å². The van der Waals surface area contributed by atoms with Crippen LogP contribution in [0.4, 0.5) is 5.69 Å². The van der Waals surface area contributed by atoms with E-state index in [2.05, 4.69) is 5.32 Å². The molecule has 0 aliphatic heterocycles.